The molecular formula is C61H62N2O19S2. The van der Waals surface area contributed by atoms with Crippen LogP contribution in [0.3, 0.4) is 0 Å². The van der Waals surface area contributed by atoms with Crippen molar-refractivity contribution in [2.24, 2.45) is 23.7 Å². The van der Waals surface area contributed by atoms with E-state index >= 15 is 0 Å². The van der Waals surface area contributed by atoms with Crippen molar-refractivity contribution < 1.29 is 90.6 Å². The number of hydrogen-bond acceptors (Lipinski definition) is 22. The Kier molecular flexibility index (Phi) is 25.8. The molecule has 0 radical (unpaired) electrons. The normalized spacial score (nSPS) is 17.4. The highest BCUT2D eigenvalue weighted by atomic mass is 32.2. The molecule has 6 rings (SSSR count). The molecule has 0 spiro atoms. The number of ether oxygens (including phenoxy) is 9. The molecule has 3 aromatic rings. The van der Waals surface area contributed by atoms with Gasteiger partial charge in [0.2, 0.25) is 0 Å². The second-order valence-corrected chi connectivity index (χ2v) is 21.7. The second-order valence-electron chi connectivity index (χ2n) is 19.4. The molecule has 84 heavy (non-hydrogen) atoms. The maximum absolute atomic E-state index is 13.6. The largest absolute Gasteiger partial charge is 0.465 e. The smallest absolute Gasteiger partial charge is 0.330 e. The SMILES string of the molecule is [C-]#[N+]/C(C#N)=C1\Sc2c(OC(=O)C3CCC(C(=O)Oc4ccc(CCOC(=O)CCC(=O)CCCOC(=O)C=C)cc4)CC3)ccc(OC(=O)C3CCC(C(=O)Oc4ccc(CCOC(=O)CCC(=O)OCCOC(=O)C=C)cc4)CC3)c2S1. The summed E-state index contributed by atoms with van der Waals surface area (Å²) in [5, 5.41) is 9.70. The van der Waals surface area contributed by atoms with Gasteiger partial charge in [0.25, 0.3) is 5.70 Å². The molecule has 2 saturated carbocycles. The summed E-state index contributed by atoms with van der Waals surface area (Å²) in [7, 11) is 0. The molecule has 2 fully saturated rings. The quantitative estimate of drug-likeness (QED) is 0.0119. The number of hydrogen-bond donors (Lipinski definition) is 0. The summed E-state index contributed by atoms with van der Waals surface area (Å²) >= 11 is 2.12. The van der Waals surface area contributed by atoms with Crippen LogP contribution >= 0.6 is 23.5 Å². The molecule has 0 amide bonds. The number of thioether (sulfide) groups is 2. The predicted molar refractivity (Wildman–Crippen MR) is 299 cm³/mol. The molecule has 0 aromatic heterocycles. The lowest BCUT2D eigenvalue weighted by atomic mass is 9.82. The number of esters is 9. The van der Waals surface area contributed by atoms with Crippen molar-refractivity contribution in [3.63, 3.8) is 0 Å². The van der Waals surface area contributed by atoms with Crippen LogP contribution in [-0.2, 0) is 84.5 Å². The number of carbonyl (C=O) groups excluding carboxylic acids is 10. The van der Waals surface area contributed by atoms with Crippen LogP contribution in [0.15, 0.2) is 106 Å². The summed E-state index contributed by atoms with van der Waals surface area (Å²) in [6.45, 7) is 14.1. The predicted octanol–water partition coefficient (Wildman–Crippen LogP) is 9.21. The molecule has 21 nitrogen and oxygen atoms in total. The van der Waals surface area contributed by atoms with Gasteiger partial charge in [-0.15, -0.1) is 0 Å². The zero-order valence-corrected chi connectivity index (χ0v) is 47.6. The van der Waals surface area contributed by atoms with Crippen LogP contribution in [0.25, 0.3) is 4.85 Å². The second kappa shape index (κ2) is 33.5. The molecule has 0 saturated heterocycles. The highest BCUT2D eigenvalue weighted by molar-refractivity contribution is 8.24. The maximum Gasteiger partial charge on any atom is 0.330 e. The Labute approximate surface area is 493 Å². The van der Waals surface area contributed by atoms with Crippen LogP contribution in [-0.4, -0.2) is 92.5 Å². The van der Waals surface area contributed by atoms with E-state index in [0.29, 0.717) is 96.2 Å². The van der Waals surface area contributed by atoms with Gasteiger partial charge in [-0.1, -0.05) is 60.9 Å². The number of Topliss-reactive ketones (excluding diaryl/α,β-unsaturated/α-hetero) is 1. The van der Waals surface area contributed by atoms with Gasteiger partial charge in [0.1, 0.15) is 42.0 Å². The van der Waals surface area contributed by atoms with E-state index in [4.69, 9.17) is 49.2 Å². The van der Waals surface area contributed by atoms with Gasteiger partial charge < -0.3 is 42.6 Å². The maximum atomic E-state index is 13.6. The van der Waals surface area contributed by atoms with Crippen molar-refractivity contribution in [3.05, 3.63) is 118 Å². The van der Waals surface area contributed by atoms with Crippen LogP contribution < -0.4 is 18.9 Å². The van der Waals surface area contributed by atoms with Gasteiger partial charge in [0, 0.05) is 37.8 Å². The fourth-order valence-electron chi connectivity index (χ4n) is 8.87. The summed E-state index contributed by atoms with van der Waals surface area (Å²) < 4.78 is 48.4. The first-order chi connectivity index (χ1) is 40.5. The van der Waals surface area contributed by atoms with Crippen molar-refractivity contribution in [1.82, 2.24) is 0 Å². The van der Waals surface area contributed by atoms with Crippen LogP contribution in [0, 0.1) is 41.6 Å². The summed E-state index contributed by atoms with van der Waals surface area (Å²) in [4.78, 5) is 128. The standard InChI is InChI=1S/C61H62N2O19S2/c1-4-50(65)74-32-6-7-44(64)20-27-52(67)75-33-30-38-8-21-45(22-9-38)79-57(70)40-12-16-42(17-13-40)59(72)81-48-25-26-49(56-55(48)83-61(84-56)47(37-62)63-3)82-60(73)43-18-14-41(15-19-43)58(71)80-46-23-10-39(11-24-46)31-34-76-53(68)28-29-54(69)78-36-35-77-51(66)5-2/h4-5,8-11,21-26,40-43H,1-2,6-7,12-20,27-36H2/b61-47+. The van der Waals surface area contributed by atoms with Crippen molar-refractivity contribution in [1.29, 1.82) is 5.26 Å². The minimum atomic E-state index is -0.643. The van der Waals surface area contributed by atoms with Gasteiger partial charge in [0.15, 0.2) is 0 Å². The highest BCUT2D eigenvalue weighted by Gasteiger charge is 2.37. The lowest BCUT2D eigenvalue weighted by molar-refractivity contribution is -0.152. The first-order valence-electron chi connectivity index (χ1n) is 27.2. The molecule has 3 aliphatic rings. The van der Waals surface area contributed by atoms with E-state index in [-0.39, 0.29) is 88.1 Å². The highest BCUT2D eigenvalue weighted by Crippen LogP contribution is 2.59. The van der Waals surface area contributed by atoms with E-state index in [2.05, 4.69) is 18.0 Å². The molecule has 1 aliphatic heterocycles. The number of nitriles is 1. The molecular weight excluding hydrogens is 1130 g/mol. The summed E-state index contributed by atoms with van der Waals surface area (Å²) in [5.74, 6) is -6.06. The van der Waals surface area contributed by atoms with Crippen molar-refractivity contribution in [2.45, 2.75) is 113 Å². The van der Waals surface area contributed by atoms with E-state index in [1.165, 1.54) is 12.1 Å². The van der Waals surface area contributed by atoms with E-state index in [9.17, 15) is 53.2 Å². The van der Waals surface area contributed by atoms with Gasteiger partial charge in [0.05, 0.1) is 89.4 Å². The first kappa shape index (κ1) is 64.6. The number of ketones is 1. The van der Waals surface area contributed by atoms with Crippen molar-refractivity contribution >= 4 is 83.0 Å². The Morgan fingerprint density at radius 3 is 1.26 bits per heavy atom. The Morgan fingerprint density at radius 1 is 0.500 bits per heavy atom. The van der Waals surface area contributed by atoms with Crippen molar-refractivity contribution in [3.8, 4) is 29.1 Å². The Morgan fingerprint density at radius 2 is 0.869 bits per heavy atom. The van der Waals surface area contributed by atoms with E-state index in [1.54, 1.807) is 48.5 Å². The summed E-state index contributed by atoms with van der Waals surface area (Å²) in [5.41, 5.74) is 1.45. The average molecular weight is 1190 g/mol. The third kappa shape index (κ3) is 20.7. The van der Waals surface area contributed by atoms with Gasteiger partial charge in [-0.25, -0.2) is 19.7 Å². The first-order valence-corrected chi connectivity index (χ1v) is 28.9. The molecule has 0 bridgehead atoms. The van der Waals surface area contributed by atoms with Crippen molar-refractivity contribution in [2.75, 3.05) is 33.0 Å². The van der Waals surface area contributed by atoms with E-state index < -0.39 is 77.4 Å². The van der Waals surface area contributed by atoms with Crippen LogP contribution in [0.2, 0.25) is 0 Å². The summed E-state index contributed by atoms with van der Waals surface area (Å²) in [6.07, 6.45) is 5.75. The van der Waals surface area contributed by atoms with Gasteiger partial charge >= 0.3 is 53.7 Å². The van der Waals surface area contributed by atoms with Gasteiger partial charge in [-0.2, -0.15) is 0 Å². The Balaban J connectivity index is 0.900. The number of rotatable bonds is 29. The lowest BCUT2D eigenvalue weighted by Gasteiger charge is -2.26. The van der Waals surface area contributed by atoms with E-state index in [0.717, 1.165) is 46.8 Å². The fraction of sp³-hybridized carbons (Fsp3) is 0.410. The molecule has 0 unspecified atom stereocenters. The zero-order chi connectivity index (χ0) is 60.4. The molecule has 3 aromatic carbocycles. The third-order valence-electron chi connectivity index (χ3n) is 13.5. The minimum Gasteiger partial charge on any atom is -0.465 e. The molecule has 0 atom stereocenters. The molecule has 23 heteroatoms. The number of carbonyl (C=O) groups is 10. The Bertz CT molecular complexity index is 2850. The number of nitrogens with zero attached hydrogens (tertiary/aromatic N) is 2. The van der Waals surface area contributed by atoms with Crippen LogP contribution in [0.1, 0.15) is 101 Å². The zero-order valence-electron chi connectivity index (χ0n) is 46.0. The average Bonchev–Trinajstić information content (AvgIpc) is 2.81. The number of benzene rings is 3. The summed E-state index contributed by atoms with van der Waals surface area (Å²) in [6, 6.07) is 18.4. The molecule has 442 valence electrons. The molecule has 0 N–H and O–H groups in total. The van der Waals surface area contributed by atoms with Crippen LogP contribution in [0.4, 0.5) is 0 Å². The topological polar surface area (TPSA) is 282 Å². The van der Waals surface area contributed by atoms with Crippen LogP contribution in [0.5, 0.6) is 23.0 Å². The molecule has 1 heterocycles. The molecule has 2 aliphatic carbocycles. The fourth-order valence-corrected chi connectivity index (χ4v) is 11.3. The minimum absolute atomic E-state index is 0.0230. The number of allylic oxidation sites excluding steroid dienone is 1. The Hall–Kier alpha value is -8.54. The number of fused-ring (bicyclic) bond motifs is 1. The lowest BCUT2D eigenvalue weighted by Crippen LogP contribution is -2.30. The van der Waals surface area contributed by atoms with E-state index in [1.807, 2.05) is 6.07 Å². The monoisotopic (exact) mass is 1190 g/mol. The van der Waals surface area contributed by atoms with Gasteiger partial charge in [-0.3, -0.25) is 38.4 Å². The third-order valence-corrected chi connectivity index (χ3v) is 16.2. The van der Waals surface area contributed by atoms with Gasteiger partial charge in [-0.05, 0) is 105 Å².